The van der Waals surface area contributed by atoms with Crippen molar-refractivity contribution in [3.8, 4) is 0 Å². The highest BCUT2D eigenvalue weighted by Crippen LogP contribution is 2.10. The fraction of sp³-hybridized carbons (Fsp3) is 0.333. The van der Waals surface area contributed by atoms with E-state index in [1.165, 1.54) is 6.07 Å². The number of hydrogen-bond donors (Lipinski definition) is 1. The topological polar surface area (TPSA) is 46.9 Å². The number of nitrogens with zero attached hydrogens (tertiary/aromatic N) is 2. The molecule has 0 fully saturated rings. The summed E-state index contributed by atoms with van der Waals surface area (Å²) in [5.41, 5.74) is 2.12. The molecule has 0 spiro atoms. The van der Waals surface area contributed by atoms with Gasteiger partial charge in [-0.1, -0.05) is 6.07 Å². The minimum Gasteiger partial charge on any atom is -0.355 e. The van der Waals surface area contributed by atoms with E-state index < -0.39 is 11.6 Å². The fourth-order valence-corrected chi connectivity index (χ4v) is 1.99. The van der Waals surface area contributed by atoms with Gasteiger partial charge in [0.15, 0.2) is 0 Å². The molecular weight excluding hydrogens is 276 g/mol. The first kappa shape index (κ1) is 15.2. The molecule has 2 rings (SSSR count). The molecule has 112 valence electrons. The van der Waals surface area contributed by atoms with Crippen molar-refractivity contribution in [1.29, 1.82) is 0 Å². The van der Waals surface area contributed by atoms with Gasteiger partial charge in [-0.25, -0.2) is 8.78 Å². The van der Waals surface area contributed by atoms with E-state index in [1.807, 2.05) is 20.0 Å². The number of carbonyl (C=O) groups excluding carboxylic acids is 1. The van der Waals surface area contributed by atoms with Gasteiger partial charge in [0.1, 0.15) is 11.6 Å². The molecule has 4 nitrogen and oxygen atoms in total. The average molecular weight is 293 g/mol. The Kier molecular flexibility index (Phi) is 4.67. The van der Waals surface area contributed by atoms with Gasteiger partial charge >= 0.3 is 0 Å². The maximum Gasteiger partial charge on any atom is 0.224 e. The predicted molar refractivity (Wildman–Crippen MR) is 74.7 cm³/mol. The second-order valence-corrected chi connectivity index (χ2v) is 4.91. The summed E-state index contributed by atoms with van der Waals surface area (Å²) in [7, 11) is 1.86. The molecule has 2 aromatic rings. The molecule has 0 bridgehead atoms. The average Bonchev–Trinajstić information content (AvgIpc) is 2.72. The van der Waals surface area contributed by atoms with E-state index in [4.69, 9.17) is 0 Å². The number of carbonyl (C=O) groups is 1. The van der Waals surface area contributed by atoms with Crippen LogP contribution in [-0.2, 0) is 24.7 Å². The lowest BCUT2D eigenvalue weighted by Crippen LogP contribution is -2.27. The summed E-state index contributed by atoms with van der Waals surface area (Å²) in [6, 6.07) is 5.15. The van der Waals surface area contributed by atoms with Crippen molar-refractivity contribution in [2.45, 2.75) is 19.8 Å². The van der Waals surface area contributed by atoms with Crippen LogP contribution < -0.4 is 5.32 Å². The second-order valence-electron chi connectivity index (χ2n) is 4.91. The minimum atomic E-state index is -0.703. The third kappa shape index (κ3) is 4.11. The first-order chi connectivity index (χ1) is 9.95. The Hall–Kier alpha value is -2.24. The summed E-state index contributed by atoms with van der Waals surface area (Å²) in [6.45, 7) is 2.38. The van der Waals surface area contributed by atoms with Gasteiger partial charge in [0.25, 0.3) is 0 Å². The van der Waals surface area contributed by atoms with Gasteiger partial charge in [-0.2, -0.15) is 5.10 Å². The summed E-state index contributed by atoms with van der Waals surface area (Å²) in [4.78, 5) is 11.7. The van der Waals surface area contributed by atoms with Gasteiger partial charge in [-0.05, 0) is 24.6 Å². The highest BCUT2D eigenvalue weighted by atomic mass is 19.1. The molecule has 0 aliphatic rings. The van der Waals surface area contributed by atoms with E-state index in [0.717, 1.165) is 23.5 Å². The molecule has 0 aliphatic heterocycles. The van der Waals surface area contributed by atoms with Gasteiger partial charge in [-0.3, -0.25) is 9.48 Å². The smallest absolute Gasteiger partial charge is 0.224 e. The minimum absolute atomic E-state index is 0.104. The second kappa shape index (κ2) is 6.47. The number of benzene rings is 1. The maximum absolute atomic E-state index is 13.4. The Balaban J connectivity index is 1.82. The summed E-state index contributed by atoms with van der Waals surface area (Å²) >= 11 is 0. The molecule has 0 aliphatic carbocycles. The maximum atomic E-state index is 13.4. The first-order valence-electron chi connectivity index (χ1n) is 6.66. The molecule has 1 aromatic carbocycles. The number of rotatable bonds is 5. The standard InChI is InChI=1S/C15H17F2N3O/c1-10-7-13(19-20(10)2)5-6-18-15(21)8-11-3-4-12(16)9-14(11)17/h3-4,7,9H,5-6,8H2,1-2H3,(H,18,21). The van der Waals surface area contributed by atoms with Gasteiger partial charge < -0.3 is 5.32 Å². The van der Waals surface area contributed by atoms with Crippen LogP contribution in [0.2, 0.25) is 0 Å². The van der Waals surface area contributed by atoms with Crippen LogP contribution in [0.5, 0.6) is 0 Å². The Morgan fingerprint density at radius 1 is 1.33 bits per heavy atom. The van der Waals surface area contributed by atoms with Crippen LogP contribution in [0.1, 0.15) is 17.0 Å². The molecular formula is C15H17F2N3O. The van der Waals surface area contributed by atoms with Crippen LogP contribution in [0.3, 0.4) is 0 Å². The predicted octanol–water partition coefficient (Wildman–Crippen LogP) is 1.91. The van der Waals surface area contributed by atoms with Crippen LogP contribution in [-0.4, -0.2) is 22.2 Å². The van der Waals surface area contributed by atoms with Crippen molar-refractivity contribution < 1.29 is 13.6 Å². The molecule has 0 unspecified atom stereocenters. The van der Waals surface area contributed by atoms with Crippen molar-refractivity contribution in [3.63, 3.8) is 0 Å². The SMILES string of the molecule is Cc1cc(CCNC(=O)Cc2ccc(F)cc2F)nn1C. The lowest BCUT2D eigenvalue weighted by Gasteiger charge is -2.05. The summed E-state index contributed by atoms with van der Waals surface area (Å²) in [5, 5.41) is 6.98. The number of nitrogens with one attached hydrogen (secondary N) is 1. The normalized spacial score (nSPS) is 10.7. The highest BCUT2D eigenvalue weighted by molar-refractivity contribution is 5.78. The zero-order valence-corrected chi connectivity index (χ0v) is 12.0. The zero-order chi connectivity index (χ0) is 15.4. The van der Waals surface area contributed by atoms with Gasteiger partial charge in [0.05, 0.1) is 12.1 Å². The van der Waals surface area contributed by atoms with E-state index in [2.05, 4.69) is 10.4 Å². The van der Waals surface area contributed by atoms with E-state index in [-0.39, 0.29) is 17.9 Å². The van der Waals surface area contributed by atoms with Gasteiger partial charge in [-0.15, -0.1) is 0 Å². The van der Waals surface area contributed by atoms with Crippen molar-refractivity contribution in [1.82, 2.24) is 15.1 Å². The molecule has 0 saturated heterocycles. The van der Waals surface area contributed by atoms with Crippen LogP contribution >= 0.6 is 0 Å². The van der Waals surface area contributed by atoms with Crippen molar-refractivity contribution in [2.24, 2.45) is 7.05 Å². The largest absolute Gasteiger partial charge is 0.355 e. The van der Waals surface area contributed by atoms with Gasteiger partial charge in [0.2, 0.25) is 5.91 Å². The van der Waals surface area contributed by atoms with Crippen molar-refractivity contribution in [3.05, 3.63) is 52.9 Å². The Morgan fingerprint density at radius 3 is 2.71 bits per heavy atom. The molecule has 1 heterocycles. The fourth-order valence-electron chi connectivity index (χ4n) is 1.99. The first-order valence-corrected chi connectivity index (χ1v) is 6.66. The lowest BCUT2D eigenvalue weighted by atomic mass is 10.1. The zero-order valence-electron chi connectivity index (χ0n) is 12.0. The monoisotopic (exact) mass is 293 g/mol. The van der Waals surface area contributed by atoms with Gasteiger partial charge in [0, 0.05) is 31.8 Å². The molecule has 6 heteroatoms. The molecule has 0 saturated carbocycles. The molecule has 1 aromatic heterocycles. The van der Waals surface area contributed by atoms with E-state index >= 15 is 0 Å². The number of halogens is 2. The Labute approximate surface area is 121 Å². The third-order valence-corrected chi connectivity index (χ3v) is 3.23. The summed E-state index contributed by atoms with van der Waals surface area (Å²) < 4.78 is 27.9. The van der Waals surface area contributed by atoms with E-state index in [9.17, 15) is 13.6 Å². The number of hydrogen-bond acceptors (Lipinski definition) is 2. The summed E-state index contributed by atoms with van der Waals surface area (Å²) in [5.74, 6) is -1.65. The van der Waals surface area contributed by atoms with Crippen molar-refractivity contribution in [2.75, 3.05) is 6.54 Å². The van der Waals surface area contributed by atoms with Crippen LogP contribution in [0.15, 0.2) is 24.3 Å². The molecule has 0 atom stereocenters. The lowest BCUT2D eigenvalue weighted by molar-refractivity contribution is -0.120. The molecule has 0 radical (unpaired) electrons. The third-order valence-electron chi connectivity index (χ3n) is 3.23. The van der Waals surface area contributed by atoms with Crippen LogP contribution in [0.25, 0.3) is 0 Å². The Bertz CT molecular complexity index is 633. The number of amides is 1. The Morgan fingerprint density at radius 2 is 2.10 bits per heavy atom. The summed E-state index contributed by atoms with van der Waals surface area (Å²) in [6.07, 6.45) is 0.507. The van der Waals surface area contributed by atoms with Crippen molar-refractivity contribution >= 4 is 5.91 Å². The van der Waals surface area contributed by atoms with E-state index in [0.29, 0.717) is 13.0 Å². The molecule has 21 heavy (non-hydrogen) atoms. The van der Waals surface area contributed by atoms with Crippen LogP contribution in [0, 0.1) is 18.6 Å². The number of aromatic nitrogens is 2. The molecule has 1 amide bonds. The van der Waals surface area contributed by atoms with E-state index in [1.54, 1.807) is 4.68 Å². The molecule has 1 N–H and O–H groups in total. The number of aryl methyl sites for hydroxylation is 2. The quantitative estimate of drug-likeness (QED) is 0.915. The van der Waals surface area contributed by atoms with Crippen LogP contribution in [0.4, 0.5) is 8.78 Å². The highest BCUT2D eigenvalue weighted by Gasteiger charge is 2.09.